The maximum absolute atomic E-state index is 11.2. The molecule has 0 bridgehead atoms. The molecule has 0 unspecified atom stereocenters. The number of carboxylic acid groups (broad SMARTS) is 1. The Labute approximate surface area is 167 Å². The molecule has 1 saturated carbocycles. The van der Waals surface area contributed by atoms with E-state index in [1.807, 2.05) is 30.5 Å². The molecule has 1 fully saturated rings. The van der Waals surface area contributed by atoms with E-state index < -0.39 is 5.97 Å². The molecule has 0 atom stereocenters. The summed E-state index contributed by atoms with van der Waals surface area (Å²) in [4.78, 5) is 16.0. The summed E-state index contributed by atoms with van der Waals surface area (Å²) >= 11 is 0. The lowest BCUT2D eigenvalue weighted by Gasteiger charge is -2.24. The van der Waals surface area contributed by atoms with Crippen molar-refractivity contribution in [2.45, 2.75) is 64.8 Å². The second-order valence-corrected chi connectivity index (χ2v) is 7.55. The summed E-state index contributed by atoms with van der Waals surface area (Å²) in [5.41, 5.74) is 2.02. The minimum Gasteiger partial charge on any atom is -0.494 e. The van der Waals surface area contributed by atoms with Crippen LogP contribution in [0, 0.1) is 0 Å². The topological polar surface area (TPSA) is 64.3 Å². The second kappa shape index (κ2) is 9.58. The molecule has 1 aromatic heterocycles. The third-order valence-electron chi connectivity index (χ3n) is 5.30. The summed E-state index contributed by atoms with van der Waals surface area (Å²) in [7, 11) is 0. The first-order valence-electron chi connectivity index (χ1n) is 10.3. The van der Waals surface area contributed by atoms with Gasteiger partial charge in [0.15, 0.2) is 0 Å². The standard InChI is InChI=1S/C23H30N2O3/c1-3-4-14-28-21-12-10-18(11-13-21)22-24-19(15-17(2)23(26)27)16-25(22)20-8-6-5-7-9-20/h10-13,15-16,20H,3-9,14H2,1-2H3,(H,26,27)/b17-15+. The van der Waals surface area contributed by atoms with Crippen molar-refractivity contribution in [1.82, 2.24) is 9.55 Å². The molecule has 150 valence electrons. The van der Waals surface area contributed by atoms with Crippen molar-refractivity contribution < 1.29 is 14.6 Å². The Morgan fingerprint density at radius 1 is 1.25 bits per heavy atom. The largest absolute Gasteiger partial charge is 0.494 e. The zero-order valence-corrected chi connectivity index (χ0v) is 16.9. The number of hydrogen-bond acceptors (Lipinski definition) is 3. The molecular weight excluding hydrogens is 352 g/mol. The fraction of sp³-hybridized carbons (Fsp3) is 0.478. The summed E-state index contributed by atoms with van der Waals surface area (Å²) in [6, 6.07) is 8.48. The SMILES string of the molecule is CCCCOc1ccc(-c2nc(/C=C(\C)C(=O)O)cn2C2CCCCC2)cc1. The highest BCUT2D eigenvalue weighted by Crippen LogP contribution is 2.33. The third-order valence-corrected chi connectivity index (χ3v) is 5.30. The number of unbranched alkanes of at least 4 members (excludes halogenated alkanes) is 1. The van der Waals surface area contributed by atoms with Gasteiger partial charge in [0, 0.05) is 23.4 Å². The van der Waals surface area contributed by atoms with Gasteiger partial charge in [-0.3, -0.25) is 0 Å². The Bertz CT molecular complexity index is 815. The van der Waals surface area contributed by atoms with Crippen molar-refractivity contribution in [1.29, 1.82) is 0 Å². The third kappa shape index (κ3) is 5.03. The van der Waals surface area contributed by atoms with Crippen LogP contribution >= 0.6 is 0 Å². The molecule has 3 rings (SSSR count). The van der Waals surface area contributed by atoms with Crippen LogP contribution in [-0.2, 0) is 4.79 Å². The number of benzene rings is 1. The van der Waals surface area contributed by atoms with Crippen LogP contribution in [-0.4, -0.2) is 27.2 Å². The molecule has 5 nitrogen and oxygen atoms in total. The quantitative estimate of drug-likeness (QED) is 0.468. The number of ether oxygens (including phenoxy) is 1. The van der Waals surface area contributed by atoms with Gasteiger partial charge >= 0.3 is 5.97 Å². The zero-order valence-electron chi connectivity index (χ0n) is 16.9. The van der Waals surface area contributed by atoms with E-state index in [4.69, 9.17) is 9.72 Å². The lowest BCUT2D eigenvalue weighted by atomic mass is 9.95. The lowest BCUT2D eigenvalue weighted by molar-refractivity contribution is -0.132. The van der Waals surface area contributed by atoms with Gasteiger partial charge in [-0.2, -0.15) is 0 Å². The summed E-state index contributed by atoms with van der Waals surface area (Å²) in [5.74, 6) is 0.855. The van der Waals surface area contributed by atoms with E-state index in [9.17, 15) is 9.90 Å². The van der Waals surface area contributed by atoms with Crippen molar-refractivity contribution in [2.24, 2.45) is 0 Å². The van der Waals surface area contributed by atoms with Crippen LogP contribution in [0.4, 0.5) is 0 Å². The minimum absolute atomic E-state index is 0.291. The van der Waals surface area contributed by atoms with E-state index in [0.717, 1.165) is 49.4 Å². The fourth-order valence-electron chi connectivity index (χ4n) is 3.65. The van der Waals surface area contributed by atoms with E-state index in [1.165, 1.54) is 19.3 Å². The van der Waals surface area contributed by atoms with Crippen LogP contribution in [0.2, 0.25) is 0 Å². The fourth-order valence-corrected chi connectivity index (χ4v) is 3.65. The van der Waals surface area contributed by atoms with Gasteiger partial charge in [0.05, 0.1) is 12.3 Å². The highest BCUT2D eigenvalue weighted by Gasteiger charge is 2.20. The summed E-state index contributed by atoms with van der Waals surface area (Å²) in [5, 5.41) is 9.19. The molecule has 5 heteroatoms. The van der Waals surface area contributed by atoms with E-state index >= 15 is 0 Å². The first kappa shape index (κ1) is 20.2. The van der Waals surface area contributed by atoms with Crippen molar-refractivity contribution in [3.8, 4) is 17.1 Å². The van der Waals surface area contributed by atoms with Gasteiger partial charge in [0.25, 0.3) is 0 Å². The summed E-state index contributed by atoms with van der Waals surface area (Å²) in [6.45, 7) is 4.48. The number of aromatic nitrogens is 2. The Hall–Kier alpha value is -2.56. The van der Waals surface area contributed by atoms with E-state index in [2.05, 4.69) is 11.5 Å². The normalized spacial score (nSPS) is 15.6. The van der Waals surface area contributed by atoms with Gasteiger partial charge in [0.2, 0.25) is 0 Å². The number of aliphatic carboxylic acids is 1. The zero-order chi connectivity index (χ0) is 19.9. The van der Waals surface area contributed by atoms with Crippen LogP contribution in [0.1, 0.15) is 70.5 Å². The Balaban J connectivity index is 1.90. The molecule has 0 amide bonds. The van der Waals surface area contributed by atoms with E-state index in [-0.39, 0.29) is 0 Å². The molecule has 0 spiro atoms. The number of nitrogens with zero attached hydrogens (tertiary/aromatic N) is 2. The Morgan fingerprint density at radius 2 is 1.96 bits per heavy atom. The number of carboxylic acids is 1. The highest BCUT2D eigenvalue weighted by atomic mass is 16.5. The van der Waals surface area contributed by atoms with E-state index in [1.54, 1.807) is 13.0 Å². The molecular formula is C23H30N2O3. The van der Waals surface area contributed by atoms with Crippen LogP contribution in [0.15, 0.2) is 36.0 Å². The van der Waals surface area contributed by atoms with Crippen molar-refractivity contribution in [3.63, 3.8) is 0 Å². The average molecular weight is 383 g/mol. The molecule has 1 heterocycles. The average Bonchev–Trinajstić information content (AvgIpc) is 3.13. The Kier molecular flexibility index (Phi) is 6.90. The molecule has 2 aromatic rings. The molecule has 0 aliphatic heterocycles. The number of hydrogen-bond donors (Lipinski definition) is 1. The van der Waals surface area contributed by atoms with Gasteiger partial charge in [-0.25, -0.2) is 9.78 Å². The van der Waals surface area contributed by atoms with Crippen LogP contribution in [0.25, 0.3) is 17.5 Å². The van der Waals surface area contributed by atoms with Crippen molar-refractivity contribution in [2.75, 3.05) is 6.61 Å². The lowest BCUT2D eigenvalue weighted by Crippen LogP contribution is -2.13. The molecule has 1 aliphatic rings. The van der Waals surface area contributed by atoms with Gasteiger partial charge in [-0.15, -0.1) is 0 Å². The van der Waals surface area contributed by atoms with Crippen LogP contribution in [0.3, 0.4) is 0 Å². The first-order valence-corrected chi connectivity index (χ1v) is 10.3. The van der Waals surface area contributed by atoms with Crippen molar-refractivity contribution >= 4 is 12.0 Å². The maximum atomic E-state index is 11.2. The predicted octanol–water partition coefficient (Wildman–Crippen LogP) is 5.72. The molecule has 28 heavy (non-hydrogen) atoms. The predicted molar refractivity (Wildman–Crippen MR) is 111 cm³/mol. The van der Waals surface area contributed by atoms with Gasteiger partial charge in [0.1, 0.15) is 11.6 Å². The Morgan fingerprint density at radius 3 is 2.61 bits per heavy atom. The van der Waals surface area contributed by atoms with Crippen LogP contribution < -0.4 is 4.74 Å². The molecule has 0 radical (unpaired) electrons. The van der Waals surface area contributed by atoms with Gasteiger partial charge in [-0.05, 0) is 56.5 Å². The number of imidazole rings is 1. The minimum atomic E-state index is -0.914. The second-order valence-electron chi connectivity index (χ2n) is 7.55. The first-order chi connectivity index (χ1) is 13.6. The molecule has 1 aliphatic carbocycles. The molecule has 0 saturated heterocycles. The van der Waals surface area contributed by atoms with Gasteiger partial charge in [-0.1, -0.05) is 32.6 Å². The monoisotopic (exact) mass is 382 g/mol. The smallest absolute Gasteiger partial charge is 0.331 e. The summed E-state index contributed by atoms with van der Waals surface area (Å²) < 4.78 is 8.01. The van der Waals surface area contributed by atoms with Gasteiger partial charge < -0.3 is 14.4 Å². The van der Waals surface area contributed by atoms with Crippen molar-refractivity contribution in [3.05, 3.63) is 41.7 Å². The summed E-state index contributed by atoms with van der Waals surface area (Å²) in [6.07, 6.45) is 11.8. The van der Waals surface area contributed by atoms with E-state index in [0.29, 0.717) is 17.3 Å². The number of rotatable bonds is 8. The molecule has 1 aromatic carbocycles. The number of carbonyl (C=O) groups is 1. The maximum Gasteiger partial charge on any atom is 0.331 e. The molecule has 1 N–H and O–H groups in total. The van der Waals surface area contributed by atoms with Crippen LogP contribution in [0.5, 0.6) is 5.75 Å². The highest BCUT2D eigenvalue weighted by molar-refractivity contribution is 5.91.